The number of amides is 1. The second-order valence-corrected chi connectivity index (χ2v) is 4.64. The number of rotatable bonds is 5. The molecule has 3 N–H and O–H groups in total. The number of carboxylic acid groups (broad SMARTS) is 2. The highest BCUT2D eigenvalue weighted by atomic mass is 16.6. The van der Waals surface area contributed by atoms with E-state index in [2.05, 4.69) is 6.58 Å². The Hall–Kier alpha value is -2.05. The number of carbonyl (C=O) groups is 3. The van der Waals surface area contributed by atoms with Gasteiger partial charge in [-0.3, -0.25) is 5.32 Å². The van der Waals surface area contributed by atoms with Crippen molar-refractivity contribution in [2.24, 2.45) is 0 Å². The van der Waals surface area contributed by atoms with Gasteiger partial charge >= 0.3 is 18.0 Å². The summed E-state index contributed by atoms with van der Waals surface area (Å²) in [6, 6.07) is 0. The van der Waals surface area contributed by atoms with Crippen molar-refractivity contribution in [3.8, 4) is 0 Å². The molecule has 0 heterocycles. The number of nitrogens with one attached hydrogen (secondary N) is 1. The van der Waals surface area contributed by atoms with Gasteiger partial charge in [0.15, 0.2) is 0 Å². The summed E-state index contributed by atoms with van der Waals surface area (Å²) in [6.07, 6.45) is -0.481. The number of carbonyl (C=O) groups excluding carboxylic acids is 1. The third kappa shape index (κ3) is 4.08. The monoisotopic (exact) mass is 259 g/mol. The lowest BCUT2D eigenvalue weighted by molar-refractivity contribution is -0.158. The lowest BCUT2D eigenvalue weighted by Gasteiger charge is -2.27. The zero-order valence-electron chi connectivity index (χ0n) is 10.5. The van der Waals surface area contributed by atoms with Crippen LogP contribution in [0.3, 0.4) is 0 Å². The highest BCUT2D eigenvalue weighted by Gasteiger charge is 2.48. The van der Waals surface area contributed by atoms with E-state index in [9.17, 15) is 14.4 Å². The average molecular weight is 259 g/mol. The van der Waals surface area contributed by atoms with Crippen LogP contribution in [0.2, 0.25) is 0 Å². The molecule has 0 saturated heterocycles. The molecule has 1 amide bonds. The number of alkyl carbamates (subject to hydrolysis) is 1. The number of hydrogen-bond donors (Lipinski definition) is 3. The normalized spacial score (nSPS) is 11.5. The quantitative estimate of drug-likeness (QED) is 0.501. The van der Waals surface area contributed by atoms with E-state index >= 15 is 0 Å². The second-order valence-electron chi connectivity index (χ2n) is 4.64. The van der Waals surface area contributed by atoms with E-state index in [1.807, 2.05) is 5.32 Å². The fraction of sp³-hybridized carbons (Fsp3) is 0.545. The molecule has 0 atom stereocenters. The van der Waals surface area contributed by atoms with Crippen LogP contribution in [0.15, 0.2) is 12.7 Å². The second kappa shape index (κ2) is 5.52. The average Bonchev–Trinajstić information content (AvgIpc) is 2.12. The van der Waals surface area contributed by atoms with Crippen LogP contribution in [-0.4, -0.2) is 39.4 Å². The molecule has 102 valence electrons. The van der Waals surface area contributed by atoms with Crippen LogP contribution in [0.5, 0.6) is 0 Å². The van der Waals surface area contributed by atoms with Crippen LogP contribution in [-0.2, 0) is 14.3 Å². The molecule has 0 unspecified atom stereocenters. The maximum Gasteiger partial charge on any atom is 0.409 e. The van der Waals surface area contributed by atoms with Gasteiger partial charge in [0.2, 0.25) is 5.54 Å². The molecule has 0 rings (SSSR count). The Morgan fingerprint density at radius 2 is 1.67 bits per heavy atom. The van der Waals surface area contributed by atoms with Gasteiger partial charge in [0.25, 0.3) is 0 Å². The molecule has 0 aromatic carbocycles. The largest absolute Gasteiger partial charge is 0.479 e. The first-order valence-electron chi connectivity index (χ1n) is 5.14. The Kier molecular flexibility index (Phi) is 4.89. The molecule has 0 aromatic rings. The first kappa shape index (κ1) is 16.0. The molecule has 0 bridgehead atoms. The standard InChI is InChI=1S/C11H17NO6/c1-5-6-11(7(13)14,8(15)16)12-9(17)18-10(2,3)4/h5H,1,6H2,2-4H3,(H,12,17)(H,13,14)(H,15,16). The third-order valence-electron chi connectivity index (χ3n) is 1.90. The van der Waals surface area contributed by atoms with Crippen molar-refractivity contribution in [1.82, 2.24) is 5.32 Å². The van der Waals surface area contributed by atoms with Gasteiger partial charge in [0.1, 0.15) is 5.60 Å². The first-order valence-corrected chi connectivity index (χ1v) is 5.14. The lowest BCUT2D eigenvalue weighted by Crippen LogP contribution is -2.60. The van der Waals surface area contributed by atoms with Crippen molar-refractivity contribution >= 4 is 18.0 Å². The molecule has 7 nitrogen and oxygen atoms in total. The summed E-state index contributed by atoms with van der Waals surface area (Å²) in [4.78, 5) is 33.6. The fourth-order valence-corrected chi connectivity index (χ4v) is 1.12. The van der Waals surface area contributed by atoms with Crippen LogP contribution in [0.25, 0.3) is 0 Å². The minimum atomic E-state index is -2.47. The zero-order chi connectivity index (χ0) is 14.6. The minimum Gasteiger partial charge on any atom is -0.479 e. The van der Waals surface area contributed by atoms with Crippen molar-refractivity contribution in [1.29, 1.82) is 0 Å². The van der Waals surface area contributed by atoms with E-state index < -0.39 is 35.6 Å². The van der Waals surface area contributed by atoms with E-state index in [0.717, 1.165) is 6.08 Å². The van der Waals surface area contributed by atoms with Gasteiger partial charge < -0.3 is 14.9 Å². The Balaban J connectivity index is 5.12. The van der Waals surface area contributed by atoms with Crippen molar-refractivity contribution in [2.75, 3.05) is 0 Å². The smallest absolute Gasteiger partial charge is 0.409 e. The van der Waals surface area contributed by atoms with E-state index in [1.165, 1.54) is 0 Å². The van der Waals surface area contributed by atoms with E-state index in [4.69, 9.17) is 14.9 Å². The van der Waals surface area contributed by atoms with Gasteiger partial charge in [0.05, 0.1) is 0 Å². The molecule has 0 radical (unpaired) electrons. The van der Waals surface area contributed by atoms with Gasteiger partial charge in [-0.15, -0.1) is 6.58 Å². The highest BCUT2D eigenvalue weighted by Crippen LogP contribution is 2.15. The summed E-state index contributed by atoms with van der Waals surface area (Å²) < 4.78 is 4.83. The topological polar surface area (TPSA) is 113 Å². The van der Waals surface area contributed by atoms with Crippen LogP contribution in [0.4, 0.5) is 4.79 Å². The van der Waals surface area contributed by atoms with Crippen molar-refractivity contribution in [3.63, 3.8) is 0 Å². The fourth-order valence-electron chi connectivity index (χ4n) is 1.12. The van der Waals surface area contributed by atoms with Gasteiger partial charge in [-0.05, 0) is 20.8 Å². The zero-order valence-corrected chi connectivity index (χ0v) is 10.5. The summed E-state index contributed by atoms with van der Waals surface area (Å²) in [5.74, 6) is -3.39. The summed E-state index contributed by atoms with van der Waals surface area (Å²) in [7, 11) is 0. The van der Waals surface area contributed by atoms with Gasteiger partial charge in [0, 0.05) is 6.42 Å². The third-order valence-corrected chi connectivity index (χ3v) is 1.90. The van der Waals surface area contributed by atoms with Crippen LogP contribution in [0.1, 0.15) is 27.2 Å². The van der Waals surface area contributed by atoms with E-state index in [1.54, 1.807) is 20.8 Å². The Bertz CT molecular complexity index is 354. The van der Waals surface area contributed by atoms with Crippen LogP contribution < -0.4 is 5.32 Å². The molecule has 0 aliphatic carbocycles. The van der Waals surface area contributed by atoms with E-state index in [-0.39, 0.29) is 0 Å². The Labute approximate surface area is 104 Å². The molecule has 0 aliphatic rings. The molecule has 0 aromatic heterocycles. The summed E-state index contributed by atoms with van der Waals surface area (Å²) in [5.41, 5.74) is -3.33. The van der Waals surface area contributed by atoms with Crippen LogP contribution in [0, 0.1) is 0 Å². The predicted molar refractivity (Wildman–Crippen MR) is 62.2 cm³/mol. The number of carboxylic acids is 2. The minimum absolute atomic E-state index is 0.461. The van der Waals surface area contributed by atoms with Gasteiger partial charge in [-0.2, -0.15) is 0 Å². The number of hydrogen-bond acceptors (Lipinski definition) is 4. The Morgan fingerprint density at radius 1 is 1.22 bits per heavy atom. The van der Waals surface area contributed by atoms with Gasteiger partial charge in [-0.1, -0.05) is 6.08 Å². The first-order chi connectivity index (χ1) is 8.05. The van der Waals surface area contributed by atoms with E-state index in [0.29, 0.717) is 0 Å². The lowest BCUT2D eigenvalue weighted by atomic mass is 9.96. The SMILES string of the molecule is C=CCC(NC(=O)OC(C)(C)C)(C(=O)O)C(=O)O. The number of aliphatic carboxylic acids is 2. The summed E-state index contributed by atoms with van der Waals surface area (Å²) >= 11 is 0. The Morgan fingerprint density at radius 3 is 1.94 bits per heavy atom. The van der Waals surface area contributed by atoms with Crippen molar-refractivity contribution < 1.29 is 29.3 Å². The van der Waals surface area contributed by atoms with Crippen molar-refractivity contribution in [2.45, 2.75) is 38.3 Å². The molecule has 18 heavy (non-hydrogen) atoms. The molecule has 0 spiro atoms. The van der Waals surface area contributed by atoms with Crippen LogP contribution >= 0.6 is 0 Å². The molecule has 0 saturated carbocycles. The molecule has 0 fully saturated rings. The molecule has 0 aliphatic heterocycles. The number of ether oxygens (including phenoxy) is 1. The highest BCUT2D eigenvalue weighted by molar-refractivity contribution is 6.05. The van der Waals surface area contributed by atoms with Gasteiger partial charge in [-0.25, -0.2) is 14.4 Å². The predicted octanol–water partition coefficient (Wildman–Crippen LogP) is 0.995. The molecular weight excluding hydrogens is 242 g/mol. The van der Waals surface area contributed by atoms with Crippen molar-refractivity contribution in [3.05, 3.63) is 12.7 Å². The maximum absolute atomic E-state index is 11.5. The maximum atomic E-state index is 11.5. The molecular formula is C11H17NO6. The molecule has 7 heteroatoms. The summed E-state index contributed by atoms with van der Waals surface area (Å²) in [5, 5.41) is 19.8. The summed E-state index contributed by atoms with van der Waals surface area (Å²) in [6.45, 7) is 7.99.